The zero-order chi connectivity index (χ0) is 27.0. The van der Waals surface area contributed by atoms with Crippen molar-refractivity contribution in [1.29, 1.82) is 0 Å². The summed E-state index contributed by atoms with van der Waals surface area (Å²) in [6.07, 6.45) is 3.07. The highest BCUT2D eigenvalue weighted by atomic mass is 32.2. The molecule has 7 heteroatoms. The monoisotopic (exact) mass is 533 g/mol. The number of benzene rings is 4. The minimum absolute atomic E-state index is 0.0708. The van der Waals surface area contributed by atoms with E-state index in [0.29, 0.717) is 17.9 Å². The predicted octanol–water partition coefficient (Wildman–Crippen LogP) is 6.17. The third-order valence-corrected chi connectivity index (χ3v) is 8.21. The van der Waals surface area contributed by atoms with Crippen LogP contribution in [0.1, 0.15) is 23.9 Å². The summed E-state index contributed by atoms with van der Waals surface area (Å²) in [5.74, 6) is 0.0924. The molecule has 1 aliphatic heterocycles. The first kappa shape index (κ1) is 24.8. The molecular formula is C32H27N3O3S. The molecule has 1 unspecified atom stereocenters. The molecule has 0 bridgehead atoms. The molecule has 0 fully saturated rings. The molecule has 5 aromatic rings. The lowest BCUT2D eigenvalue weighted by atomic mass is 10.0. The summed E-state index contributed by atoms with van der Waals surface area (Å²) in [4.78, 5) is 18.1. The summed E-state index contributed by atoms with van der Waals surface area (Å²) in [5.41, 5.74) is 6.64. The van der Waals surface area contributed by atoms with Crippen LogP contribution in [0.4, 0.5) is 0 Å². The van der Waals surface area contributed by atoms with Gasteiger partial charge in [0.15, 0.2) is 0 Å². The fraction of sp³-hybridized carbons (Fsp3) is 0.125. The van der Waals surface area contributed by atoms with Crippen molar-refractivity contribution in [3.8, 4) is 33.5 Å². The van der Waals surface area contributed by atoms with Crippen LogP contribution >= 0.6 is 0 Å². The molecule has 0 N–H and O–H groups in total. The summed E-state index contributed by atoms with van der Waals surface area (Å²) in [6.45, 7) is 0.355. The molecule has 2 heterocycles. The lowest BCUT2D eigenvalue weighted by molar-refractivity contribution is -0.127. The summed E-state index contributed by atoms with van der Waals surface area (Å²) in [7, 11) is -3.86. The average Bonchev–Trinajstić information content (AvgIpc) is 3.33. The standard InChI is InChI=1S/C32H27N3O3S/c1-39(37,38)35-30(36)20-21-34-22-29(27-16-12-25(13-17-27)23-8-4-2-5-9-23)33-32(34)31(35)28-18-14-26(15-19-28)24-10-6-3-7-11-24/h2-19,22,31H,20-21H2,1H3. The van der Waals surface area contributed by atoms with E-state index in [2.05, 4.69) is 24.3 Å². The van der Waals surface area contributed by atoms with Crippen LogP contribution in [0.2, 0.25) is 0 Å². The summed E-state index contributed by atoms with van der Waals surface area (Å²) in [5, 5.41) is 0. The van der Waals surface area contributed by atoms with E-state index in [1.807, 2.05) is 95.7 Å². The topological polar surface area (TPSA) is 72.3 Å². The second-order valence-electron chi connectivity index (χ2n) is 9.71. The van der Waals surface area contributed by atoms with Gasteiger partial charge in [0.05, 0.1) is 11.9 Å². The number of carbonyl (C=O) groups is 1. The fourth-order valence-electron chi connectivity index (χ4n) is 5.16. The van der Waals surface area contributed by atoms with Crippen LogP contribution in [0.25, 0.3) is 33.5 Å². The highest BCUT2D eigenvalue weighted by Gasteiger charge is 2.39. The van der Waals surface area contributed by atoms with Gasteiger partial charge >= 0.3 is 0 Å². The number of aryl methyl sites for hydroxylation is 1. The Morgan fingerprint density at radius 2 is 1.18 bits per heavy atom. The molecule has 1 aromatic heterocycles. The van der Waals surface area contributed by atoms with Crippen molar-refractivity contribution in [3.05, 3.63) is 127 Å². The first-order valence-corrected chi connectivity index (χ1v) is 14.6. The van der Waals surface area contributed by atoms with Crippen molar-refractivity contribution in [3.63, 3.8) is 0 Å². The number of nitrogens with zero attached hydrogens (tertiary/aromatic N) is 3. The number of carbonyl (C=O) groups excluding carboxylic acids is 1. The number of amides is 1. The maximum atomic E-state index is 13.1. The second-order valence-corrected chi connectivity index (χ2v) is 11.6. The fourth-order valence-corrected chi connectivity index (χ4v) is 6.22. The third kappa shape index (κ3) is 4.89. The van der Waals surface area contributed by atoms with Gasteiger partial charge in [-0.15, -0.1) is 0 Å². The van der Waals surface area contributed by atoms with Crippen LogP contribution in [-0.4, -0.2) is 34.4 Å². The minimum Gasteiger partial charge on any atom is -0.332 e. The van der Waals surface area contributed by atoms with Gasteiger partial charge in [-0.1, -0.05) is 109 Å². The van der Waals surface area contributed by atoms with E-state index in [4.69, 9.17) is 4.98 Å². The molecule has 1 amide bonds. The first-order chi connectivity index (χ1) is 18.9. The Bertz CT molecular complexity index is 1730. The number of hydrogen-bond donors (Lipinski definition) is 0. The minimum atomic E-state index is -3.86. The maximum Gasteiger partial charge on any atom is 0.238 e. The number of fused-ring (bicyclic) bond motifs is 1. The van der Waals surface area contributed by atoms with Gasteiger partial charge in [0.1, 0.15) is 11.9 Å². The number of aromatic nitrogens is 2. The van der Waals surface area contributed by atoms with Gasteiger partial charge in [-0.3, -0.25) is 4.79 Å². The predicted molar refractivity (Wildman–Crippen MR) is 153 cm³/mol. The van der Waals surface area contributed by atoms with Crippen LogP contribution in [0.15, 0.2) is 115 Å². The quantitative estimate of drug-likeness (QED) is 0.271. The molecule has 0 saturated carbocycles. The Labute approximate surface area is 228 Å². The van der Waals surface area contributed by atoms with E-state index in [9.17, 15) is 13.2 Å². The Kier molecular flexibility index (Phi) is 6.37. The second kappa shape index (κ2) is 10.0. The van der Waals surface area contributed by atoms with Gasteiger partial charge in [0.2, 0.25) is 15.9 Å². The van der Waals surface area contributed by atoms with Gasteiger partial charge < -0.3 is 4.57 Å². The number of rotatable bonds is 5. The van der Waals surface area contributed by atoms with E-state index in [1.165, 1.54) is 0 Å². The average molecular weight is 534 g/mol. The summed E-state index contributed by atoms with van der Waals surface area (Å²) >= 11 is 0. The van der Waals surface area contributed by atoms with Gasteiger partial charge in [0, 0.05) is 24.7 Å². The van der Waals surface area contributed by atoms with Crippen LogP contribution in [0, 0.1) is 0 Å². The molecule has 1 atom stereocenters. The zero-order valence-electron chi connectivity index (χ0n) is 21.4. The Hall–Kier alpha value is -4.49. The van der Waals surface area contributed by atoms with Gasteiger partial charge in [-0.2, -0.15) is 0 Å². The van der Waals surface area contributed by atoms with E-state index < -0.39 is 22.0 Å². The molecule has 0 spiro atoms. The SMILES string of the molecule is CS(=O)(=O)N1C(=O)CCn2cc(-c3ccc(-c4ccccc4)cc3)nc2C1c1ccc(-c2ccccc2)cc1. The molecule has 4 aromatic carbocycles. The molecule has 6 nitrogen and oxygen atoms in total. The van der Waals surface area contributed by atoms with Crippen molar-refractivity contribution in [2.24, 2.45) is 0 Å². The molecule has 0 aliphatic carbocycles. The van der Waals surface area contributed by atoms with E-state index >= 15 is 0 Å². The molecule has 1 aliphatic rings. The zero-order valence-corrected chi connectivity index (χ0v) is 22.3. The molecular weight excluding hydrogens is 506 g/mol. The van der Waals surface area contributed by atoms with E-state index in [0.717, 1.165) is 44.1 Å². The van der Waals surface area contributed by atoms with Crippen molar-refractivity contribution in [1.82, 2.24) is 13.9 Å². The summed E-state index contributed by atoms with van der Waals surface area (Å²) < 4.78 is 28.8. The van der Waals surface area contributed by atoms with Crippen molar-refractivity contribution in [2.75, 3.05) is 6.26 Å². The van der Waals surface area contributed by atoms with Crippen LogP contribution in [-0.2, 0) is 21.4 Å². The Balaban J connectivity index is 1.42. The maximum absolute atomic E-state index is 13.1. The van der Waals surface area contributed by atoms with Crippen molar-refractivity contribution >= 4 is 15.9 Å². The molecule has 0 radical (unpaired) electrons. The van der Waals surface area contributed by atoms with Gasteiger partial charge in [-0.05, 0) is 27.8 Å². The van der Waals surface area contributed by atoms with Crippen molar-refractivity contribution in [2.45, 2.75) is 19.0 Å². The summed E-state index contributed by atoms with van der Waals surface area (Å²) in [6, 6.07) is 35.1. The van der Waals surface area contributed by atoms with E-state index in [-0.39, 0.29) is 6.42 Å². The van der Waals surface area contributed by atoms with Crippen molar-refractivity contribution < 1.29 is 13.2 Å². The molecule has 6 rings (SSSR count). The van der Waals surface area contributed by atoms with Gasteiger partial charge in [-0.25, -0.2) is 17.7 Å². The number of hydrogen-bond acceptors (Lipinski definition) is 4. The molecule has 39 heavy (non-hydrogen) atoms. The Morgan fingerprint density at radius 1 is 0.692 bits per heavy atom. The van der Waals surface area contributed by atoms with Crippen LogP contribution in [0.5, 0.6) is 0 Å². The van der Waals surface area contributed by atoms with Crippen LogP contribution in [0.3, 0.4) is 0 Å². The largest absolute Gasteiger partial charge is 0.332 e. The van der Waals surface area contributed by atoms with E-state index in [1.54, 1.807) is 0 Å². The van der Waals surface area contributed by atoms with Crippen LogP contribution < -0.4 is 0 Å². The third-order valence-electron chi connectivity index (χ3n) is 7.08. The lowest BCUT2D eigenvalue weighted by Crippen LogP contribution is -2.39. The smallest absolute Gasteiger partial charge is 0.238 e. The first-order valence-electron chi connectivity index (χ1n) is 12.8. The molecule has 194 valence electrons. The number of sulfonamides is 1. The lowest BCUT2D eigenvalue weighted by Gasteiger charge is -2.28. The normalized spacial score (nSPS) is 15.6. The molecule has 0 saturated heterocycles. The number of imidazole rings is 1. The highest BCUT2D eigenvalue weighted by Crippen LogP contribution is 2.36. The Morgan fingerprint density at radius 3 is 1.72 bits per heavy atom. The highest BCUT2D eigenvalue weighted by molar-refractivity contribution is 7.88. The van der Waals surface area contributed by atoms with Gasteiger partial charge in [0.25, 0.3) is 0 Å².